The third-order valence-electron chi connectivity index (χ3n) is 3.24. The van der Waals surface area contributed by atoms with Crippen LogP contribution in [0.25, 0.3) is 0 Å². The predicted octanol–water partition coefficient (Wildman–Crippen LogP) is 0.900. The number of sulfonamides is 1. The summed E-state index contributed by atoms with van der Waals surface area (Å²) in [6.45, 7) is 0. The molecule has 20 heavy (non-hydrogen) atoms. The Morgan fingerprint density at radius 2 is 1.85 bits per heavy atom. The second-order valence-electron chi connectivity index (χ2n) is 4.49. The molecule has 0 aromatic heterocycles. The minimum absolute atomic E-state index is 0.115. The van der Waals surface area contributed by atoms with Gasteiger partial charge in [-0.1, -0.05) is 18.2 Å². The monoisotopic (exact) mass is 312 g/mol. The van der Waals surface area contributed by atoms with E-state index < -0.39 is 28.0 Å². The molecule has 3 amide bonds. The molecule has 0 aliphatic carbocycles. The van der Waals surface area contributed by atoms with E-state index in [-0.39, 0.29) is 5.75 Å². The van der Waals surface area contributed by atoms with Gasteiger partial charge in [0.05, 0.1) is 11.4 Å². The molecule has 1 aromatic rings. The fourth-order valence-electron chi connectivity index (χ4n) is 2.30. The molecule has 1 aromatic carbocycles. The lowest BCUT2D eigenvalue weighted by Crippen LogP contribution is -2.41. The van der Waals surface area contributed by atoms with Crippen molar-refractivity contribution in [2.75, 3.05) is 22.2 Å². The largest absolute Gasteiger partial charge is 0.345 e. The average molecular weight is 312 g/mol. The SMILES string of the molecule is O=C1[C@@H]2CSCCS(=O)(=O)N2C(=O)N1c1ccccc1. The second kappa shape index (κ2) is 4.78. The van der Waals surface area contributed by atoms with Crippen LogP contribution < -0.4 is 4.90 Å². The summed E-state index contributed by atoms with van der Waals surface area (Å²) in [6.07, 6.45) is 0. The lowest BCUT2D eigenvalue weighted by molar-refractivity contribution is -0.118. The first-order valence-corrected chi connectivity index (χ1v) is 8.81. The maximum Gasteiger partial charge on any atom is 0.345 e. The van der Waals surface area contributed by atoms with Gasteiger partial charge in [-0.05, 0) is 12.1 Å². The number of hydrogen-bond acceptors (Lipinski definition) is 5. The quantitative estimate of drug-likeness (QED) is 0.720. The summed E-state index contributed by atoms with van der Waals surface area (Å²) in [5, 5.41) is 0. The smallest absolute Gasteiger partial charge is 0.271 e. The normalized spacial score (nSPS) is 25.5. The number of amides is 3. The van der Waals surface area contributed by atoms with E-state index in [1.165, 1.54) is 11.8 Å². The van der Waals surface area contributed by atoms with Crippen molar-refractivity contribution in [2.24, 2.45) is 0 Å². The first-order chi connectivity index (χ1) is 9.52. The molecule has 3 rings (SSSR count). The zero-order valence-electron chi connectivity index (χ0n) is 10.4. The van der Waals surface area contributed by atoms with Gasteiger partial charge in [-0.2, -0.15) is 11.8 Å². The Hall–Kier alpha value is -1.54. The number of fused-ring (bicyclic) bond motifs is 1. The van der Waals surface area contributed by atoms with Crippen molar-refractivity contribution >= 4 is 39.4 Å². The van der Waals surface area contributed by atoms with Crippen molar-refractivity contribution in [3.8, 4) is 0 Å². The summed E-state index contributed by atoms with van der Waals surface area (Å²) in [5.74, 6) is 0.128. The van der Waals surface area contributed by atoms with Crippen LogP contribution in [0.3, 0.4) is 0 Å². The van der Waals surface area contributed by atoms with Crippen LogP contribution in [0.1, 0.15) is 0 Å². The fourth-order valence-corrected chi connectivity index (χ4v) is 5.46. The minimum atomic E-state index is -3.72. The van der Waals surface area contributed by atoms with Crippen molar-refractivity contribution < 1.29 is 18.0 Å². The highest BCUT2D eigenvalue weighted by atomic mass is 32.2. The molecule has 0 saturated carbocycles. The van der Waals surface area contributed by atoms with Gasteiger partial charge in [0.15, 0.2) is 0 Å². The second-order valence-corrected chi connectivity index (χ2v) is 7.61. The number of imide groups is 1. The van der Waals surface area contributed by atoms with E-state index in [9.17, 15) is 18.0 Å². The van der Waals surface area contributed by atoms with Crippen LogP contribution in [0.15, 0.2) is 30.3 Å². The van der Waals surface area contributed by atoms with Gasteiger partial charge in [0.25, 0.3) is 5.91 Å². The molecule has 8 heteroatoms. The number of nitrogens with zero attached hydrogens (tertiary/aromatic N) is 2. The standard InChI is InChI=1S/C12H12N2O4S2/c15-11-10-8-19-6-7-20(17,18)14(10)12(16)13(11)9-4-2-1-3-5-9/h1-5,10H,6-8H2/t10-/m0/s1. The van der Waals surface area contributed by atoms with Gasteiger partial charge in [0, 0.05) is 11.5 Å². The van der Waals surface area contributed by atoms with Crippen LogP contribution in [-0.4, -0.2) is 48.0 Å². The third-order valence-corrected chi connectivity index (χ3v) is 6.28. The van der Waals surface area contributed by atoms with Crippen LogP contribution in [0, 0.1) is 0 Å². The summed E-state index contributed by atoms with van der Waals surface area (Å²) < 4.78 is 25.0. The number of para-hydroxylation sites is 1. The van der Waals surface area contributed by atoms with Crippen molar-refractivity contribution in [3.05, 3.63) is 30.3 Å². The molecular weight excluding hydrogens is 300 g/mol. The minimum Gasteiger partial charge on any atom is -0.271 e. The summed E-state index contributed by atoms with van der Waals surface area (Å²) in [4.78, 5) is 25.7. The Kier molecular flexibility index (Phi) is 3.21. The van der Waals surface area contributed by atoms with Gasteiger partial charge in [-0.15, -0.1) is 0 Å². The summed E-state index contributed by atoms with van der Waals surface area (Å²) in [5.41, 5.74) is 0.399. The molecule has 2 saturated heterocycles. The van der Waals surface area contributed by atoms with Gasteiger partial charge in [-0.3, -0.25) is 4.79 Å². The third kappa shape index (κ3) is 1.99. The van der Waals surface area contributed by atoms with Gasteiger partial charge >= 0.3 is 6.03 Å². The first kappa shape index (κ1) is 13.4. The van der Waals surface area contributed by atoms with Crippen LogP contribution in [0.5, 0.6) is 0 Å². The maximum atomic E-state index is 12.4. The highest BCUT2D eigenvalue weighted by molar-refractivity contribution is 8.01. The molecule has 0 bridgehead atoms. The zero-order chi connectivity index (χ0) is 14.3. The Balaban J connectivity index is 2.06. The Morgan fingerprint density at radius 1 is 1.15 bits per heavy atom. The topological polar surface area (TPSA) is 74.8 Å². The number of carbonyl (C=O) groups excluding carboxylic acids is 2. The van der Waals surface area contributed by atoms with Crippen LogP contribution in [0.2, 0.25) is 0 Å². The number of anilines is 1. The highest BCUT2D eigenvalue weighted by Crippen LogP contribution is 2.31. The Bertz CT molecular complexity index is 659. The van der Waals surface area contributed by atoms with Crippen LogP contribution in [-0.2, 0) is 14.8 Å². The summed E-state index contributed by atoms with van der Waals surface area (Å²) in [6, 6.07) is 6.70. The van der Waals surface area contributed by atoms with E-state index in [0.717, 1.165) is 9.21 Å². The number of hydrogen-bond donors (Lipinski definition) is 0. The molecule has 0 unspecified atom stereocenters. The molecular formula is C12H12N2O4S2. The number of carbonyl (C=O) groups is 2. The van der Waals surface area contributed by atoms with Gasteiger partial charge in [0.1, 0.15) is 6.04 Å². The molecule has 0 spiro atoms. The Morgan fingerprint density at radius 3 is 2.55 bits per heavy atom. The van der Waals surface area contributed by atoms with E-state index in [1.807, 2.05) is 0 Å². The molecule has 2 aliphatic rings. The van der Waals surface area contributed by atoms with Crippen LogP contribution >= 0.6 is 11.8 Å². The molecule has 2 aliphatic heterocycles. The lowest BCUT2D eigenvalue weighted by atomic mass is 10.2. The molecule has 0 radical (unpaired) electrons. The van der Waals surface area contributed by atoms with Crippen molar-refractivity contribution in [1.82, 2.24) is 4.31 Å². The average Bonchev–Trinajstić information content (AvgIpc) is 2.56. The molecule has 1 atom stereocenters. The van der Waals surface area contributed by atoms with E-state index in [4.69, 9.17) is 0 Å². The van der Waals surface area contributed by atoms with E-state index in [1.54, 1.807) is 30.3 Å². The fraction of sp³-hybridized carbons (Fsp3) is 0.333. The molecule has 2 fully saturated rings. The van der Waals surface area contributed by atoms with Gasteiger partial charge < -0.3 is 0 Å². The van der Waals surface area contributed by atoms with Crippen LogP contribution in [0.4, 0.5) is 10.5 Å². The summed E-state index contributed by atoms with van der Waals surface area (Å²) in [7, 11) is -3.72. The molecule has 0 N–H and O–H groups in total. The summed E-state index contributed by atoms with van der Waals surface area (Å²) >= 11 is 1.38. The predicted molar refractivity (Wildman–Crippen MR) is 76.1 cm³/mol. The highest BCUT2D eigenvalue weighted by Gasteiger charge is 2.52. The molecule has 6 nitrogen and oxygen atoms in total. The van der Waals surface area contributed by atoms with E-state index >= 15 is 0 Å². The molecule has 106 valence electrons. The van der Waals surface area contributed by atoms with Crippen molar-refractivity contribution in [1.29, 1.82) is 0 Å². The maximum absolute atomic E-state index is 12.4. The lowest BCUT2D eigenvalue weighted by Gasteiger charge is -2.17. The first-order valence-electron chi connectivity index (χ1n) is 6.05. The van der Waals surface area contributed by atoms with E-state index in [2.05, 4.69) is 0 Å². The number of thioether (sulfide) groups is 1. The van der Waals surface area contributed by atoms with Gasteiger partial charge in [0.2, 0.25) is 10.0 Å². The van der Waals surface area contributed by atoms with Crippen molar-refractivity contribution in [2.45, 2.75) is 6.04 Å². The zero-order valence-corrected chi connectivity index (χ0v) is 12.1. The number of rotatable bonds is 1. The number of benzene rings is 1. The van der Waals surface area contributed by atoms with Gasteiger partial charge in [-0.25, -0.2) is 22.4 Å². The van der Waals surface area contributed by atoms with E-state index in [0.29, 0.717) is 17.2 Å². The molecule has 2 heterocycles. The Labute approximate surface area is 120 Å². The number of urea groups is 1. The van der Waals surface area contributed by atoms with Crippen molar-refractivity contribution in [3.63, 3.8) is 0 Å².